The average Bonchev–Trinajstić information content (AvgIpc) is 2.29. The summed E-state index contributed by atoms with van der Waals surface area (Å²) in [7, 11) is 0. The van der Waals surface area contributed by atoms with Crippen molar-refractivity contribution in [3.63, 3.8) is 0 Å². The molecule has 0 bridgehead atoms. The highest BCUT2D eigenvalue weighted by Crippen LogP contribution is 2.26. The minimum atomic E-state index is -4.68. The van der Waals surface area contributed by atoms with Crippen LogP contribution in [-0.4, -0.2) is 11.3 Å². The second-order valence-electron chi connectivity index (χ2n) is 3.44. The zero-order valence-electron chi connectivity index (χ0n) is 8.91. The number of ether oxygens (including phenoxy) is 1. The summed E-state index contributed by atoms with van der Waals surface area (Å²) in [6.07, 6.45) is -3.13. The van der Waals surface area contributed by atoms with Crippen molar-refractivity contribution in [3.8, 4) is 16.9 Å². The summed E-state index contributed by atoms with van der Waals surface area (Å²) >= 11 is 5.64. The van der Waals surface area contributed by atoms with Crippen LogP contribution in [0.1, 0.15) is 0 Å². The molecule has 6 heteroatoms. The van der Waals surface area contributed by atoms with Gasteiger partial charge in [0.25, 0.3) is 0 Å². The molecular weight excluding hydrogens is 267 g/mol. The molecular formula is C12H7ClF3NO. The lowest BCUT2D eigenvalue weighted by Crippen LogP contribution is -2.16. The van der Waals surface area contributed by atoms with Crippen LogP contribution in [-0.2, 0) is 0 Å². The summed E-state index contributed by atoms with van der Waals surface area (Å²) in [6, 6.07) is 8.87. The molecule has 0 spiro atoms. The van der Waals surface area contributed by atoms with Crippen LogP contribution in [0, 0.1) is 0 Å². The molecule has 2 nitrogen and oxygen atoms in total. The molecule has 1 aromatic carbocycles. The van der Waals surface area contributed by atoms with Crippen molar-refractivity contribution < 1.29 is 17.9 Å². The largest absolute Gasteiger partial charge is 0.573 e. The Kier molecular flexibility index (Phi) is 3.43. The molecule has 18 heavy (non-hydrogen) atoms. The second kappa shape index (κ2) is 4.86. The Labute approximate surface area is 106 Å². The predicted molar refractivity (Wildman–Crippen MR) is 61.4 cm³/mol. The van der Waals surface area contributed by atoms with Crippen molar-refractivity contribution in [1.29, 1.82) is 0 Å². The monoisotopic (exact) mass is 273 g/mol. The number of nitrogens with zero attached hydrogens (tertiary/aromatic N) is 1. The van der Waals surface area contributed by atoms with Crippen LogP contribution in [0.2, 0.25) is 5.15 Å². The van der Waals surface area contributed by atoms with Crippen molar-refractivity contribution in [1.82, 2.24) is 4.98 Å². The lowest BCUT2D eigenvalue weighted by molar-refractivity contribution is -0.274. The number of aromatic nitrogens is 1. The van der Waals surface area contributed by atoms with Crippen molar-refractivity contribution in [2.75, 3.05) is 0 Å². The Hall–Kier alpha value is -1.75. The number of halogens is 4. The number of hydrogen-bond donors (Lipinski definition) is 0. The van der Waals surface area contributed by atoms with E-state index in [4.69, 9.17) is 11.6 Å². The first-order valence-corrected chi connectivity index (χ1v) is 5.29. The molecule has 94 valence electrons. The van der Waals surface area contributed by atoms with Crippen LogP contribution >= 0.6 is 11.6 Å². The molecule has 1 aromatic heterocycles. The first-order chi connectivity index (χ1) is 8.44. The van der Waals surface area contributed by atoms with Gasteiger partial charge in [0.1, 0.15) is 10.9 Å². The normalized spacial score (nSPS) is 11.3. The molecule has 0 saturated heterocycles. The Morgan fingerprint density at radius 1 is 0.944 bits per heavy atom. The highest BCUT2D eigenvalue weighted by molar-refractivity contribution is 6.29. The molecule has 2 rings (SSSR count). The Morgan fingerprint density at radius 2 is 1.56 bits per heavy atom. The molecule has 0 radical (unpaired) electrons. The molecule has 0 fully saturated rings. The molecule has 1 heterocycles. The van der Waals surface area contributed by atoms with Gasteiger partial charge in [-0.1, -0.05) is 23.7 Å². The number of hydrogen-bond acceptors (Lipinski definition) is 2. The van der Waals surface area contributed by atoms with Crippen LogP contribution < -0.4 is 4.74 Å². The van der Waals surface area contributed by atoms with Crippen molar-refractivity contribution in [2.45, 2.75) is 6.36 Å². The number of pyridine rings is 1. The summed E-state index contributed by atoms with van der Waals surface area (Å²) in [5, 5.41) is 0.357. The van der Waals surface area contributed by atoms with E-state index in [2.05, 4.69) is 9.72 Å². The zero-order chi connectivity index (χ0) is 13.2. The van der Waals surface area contributed by atoms with Gasteiger partial charge in [0.15, 0.2) is 0 Å². The smallest absolute Gasteiger partial charge is 0.406 e. The standard InChI is InChI=1S/C12H7ClF3NO/c13-11-6-3-9(7-17-11)8-1-4-10(5-2-8)18-12(14,15)16/h1-7H. The van der Waals surface area contributed by atoms with Gasteiger partial charge in [0, 0.05) is 11.8 Å². The average molecular weight is 274 g/mol. The predicted octanol–water partition coefficient (Wildman–Crippen LogP) is 4.30. The third-order valence-corrected chi connectivity index (χ3v) is 2.37. The highest BCUT2D eigenvalue weighted by atomic mass is 35.5. The Bertz CT molecular complexity index is 523. The van der Waals surface area contributed by atoms with Gasteiger partial charge in [-0.15, -0.1) is 13.2 Å². The molecule has 0 unspecified atom stereocenters. The summed E-state index contributed by atoms with van der Waals surface area (Å²) in [5.41, 5.74) is 1.49. The van der Waals surface area contributed by atoms with Crippen LogP contribution in [0.4, 0.5) is 13.2 Å². The fourth-order valence-corrected chi connectivity index (χ4v) is 1.51. The minimum absolute atomic E-state index is 0.256. The van der Waals surface area contributed by atoms with E-state index in [1.807, 2.05) is 0 Å². The van der Waals surface area contributed by atoms with Gasteiger partial charge in [-0.05, 0) is 29.8 Å². The summed E-state index contributed by atoms with van der Waals surface area (Å²) in [6.45, 7) is 0. The Balaban J connectivity index is 2.20. The van der Waals surface area contributed by atoms with Crippen LogP contribution in [0.5, 0.6) is 5.75 Å². The van der Waals surface area contributed by atoms with Gasteiger partial charge < -0.3 is 4.74 Å². The van der Waals surface area contributed by atoms with Crippen LogP contribution in [0.15, 0.2) is 42.6 Å². The molecule has 0 aliphatic heterocycles. The van der Waals surface area contributed by atoms with Crippen LogP contribution in [0.25, 0.3) is 11.1 Å². The Morgan fingerprint density at radius 3 is 2.06 bits per heavy atom. The lowest BCUT2D eigenvalue weighted by atomic mass is 10.1. The molecule has 0 N–H and O–H groups in total. The maximum Gasteiger partial charge on any atom is 0.573 e. The number of rotatable bonds is 2. The first-order valence-electron chi connectivity index (χ1n) is 4.92. The third-order valence-electron chi connectivity index (χ3n) is 2.15. The summed E-state index contributed by atoms with van der Waals surface area (Å²) in [4.78, 5) is 3.89. The fraction of sp³-hybridized carbons (Fsp3) is 0.0833. The maximum absolute atomic E-state index is 12.0. The van der Waals surface area contributed by atoms with Gasteiger partial charge in [-0.3, -0.25) is 0 Å². The SMILES string of the molecule is FC(F)(F)Oc1ccc(-c2ccc(Cl)nc2)cc1. The van der Waals surface area contributed by atoms with Gasteiger partial charge in [-0.2, -0.15) is 0 Å². The fourth-order valence-electron chi connectivity index (χ4n) is 1.40. The van der Waals surface area contributed by atoms with E-state index in [1.165, 1.54) is 24.3 Å². The highest BCUT2D eigenvalue weighted by Gasteiger charge is 2.30. The zero-order valence-corrected chi connectivity index (χ0v) is 9.66. The number of benzene rings is 1. The second-order valence-corrected chi connectivity index (χ2v) is 3.83. The van der Waals surface area contributed by atoms with Crippen LogP contribution in [0.3, 0.4) is 0 Å². The molecule has 0 aliphatic carbocycles. The minimum Gasteiger partial charge on any atom is -0.406 e. The van der Waals surface area contributed by atoms with E-state index in [9.17, 15) is 13.2 Å². The van der Waals surface area contributed by atoms with Crippen molar-refractivity contribution >= 4 is 11.6 Å². The molecule has 0 amide bonds. The van der Waals surface area contributed by atoms with E-state index >= 15 is 0 Å². The number of alkyl halides is 3. The van der Waals surface area contributed by atoms with E-state index in [0.717, 1.165) is 11.1 Å². The molecule has 2 aromatic rings. The first kappa shape index (κ1) is 12.7. The molecule has 0 atom stereocenters. The van der Waals surface area contributed by atoms with E-state index in [-0.39, 0.29) is 5.75 Å². The summed E-state index contributed by atoms with van der Waals surface area (Å²) in [5.74, 6) is -0.256. The third kappa shape index (κ3) is 3.37. The molecule has 0 saturated carbocycles. The topological polar surface area (TPSA) is 22.1 Å². The van der Waals surface area contributed by atoms with Gasteiger partial charge in [-0.25, -0.2) is 4.98 Å². The van der Waals surface area contributed by atoms with Crippen molar-refractivity contribution in [3.05, 3.63) is 47.7 Å². The lowest BCUT2D eigenvalue weighted by Gasteiger charge is -2.09. The van der Waals surface area contributed by atoms with Gasteiger partial charge in [0.2, 0.25) is 0 Å². The van der Waals surface area contributed by atoms with E-state index < -0.39 is 6.36 Å². The van der Waals surface area contributed by atoms with E-state index in [0.29, 0.717) is 5.15 Å². The summed E-state index contributed by atoms with van der Waals surface area (Å²) < 4.78 is 39.7. The van der Waals surface area contributed by atoms with Gasteiger partial charge in [0.05, 0.1) is 0 Å². The van der Waals surface area contributed by atoms with E-state index in [1.54, 1.807) is 18.3 Å². The molecule has 0 aliphatic rings. The van der Waals surface area contributed by atoms with Gasteiger partial charge >= 0.3 is 6.36 Å². The quantitative estimate of drug-likeness (QED) is 0.761. The van der Waals surface area contributed by atoms with Crippen molar-refractivity contribution in [2.24, 2.45) is 0 Å². The maximum atomic E-state index is 12.0.